The standard InChI is InChI=1S/C6H8O3.C4H6O3.CH4.H2O/c1-4-2-5(7)3-6(8)9-4;1-3(5)2-4(6)7;;/h4H,2-3H2,1H3;2H2,1H3,(H,6,7);1H4;1H2. The van der Waals surface area contributed by atoms with E-state index in [0.717, 1.165) is 0 Å². The first-order valence-electron chi connectivity index (χ1n) is 4.73. The fourth-order valence-electron chi connectivity index (χ4n) is 1.07. The molecule has 0 aliphatic carbocycles. The molecule has 0 saturated carbocycles. The monoisotopic (exact) mass is 264 g/mol. The summed E-state index contributed by atoms with van der Waals surface area (Å²) in [6, 6.07) is 0. The summed E-state index contributed by atoms with van der Waals surface area (Å²) in [4.78, 5) is 40.5. The number of hydrogen-bond donors (Lipinski definition) is 1. The largest absolute Gasteiger partial charge is 0.481 e. The van der Waals surface area contributed by atoms with Crippen molar-refractivity contribution in [2.75, 3.05) is 0 Å². The fourth-order valence-corrected chi connectivity index (χ4v) is 1.07. The summed E-state index contributed by atoms with van der Waals surface area (Å²) in [7, 11) is 0. The highest BCUT2D eigenvalue weighted by Crippen LogP contribution is 2.09. The van der Waals surface area contributed by atoms with Gasteiger partial charge in [0.05, 0.1) is 0 Å². The number of aliphatic carboxylic acids is 1. The van der Waals surface area contributed by atoms with E-state index in [1.165, 1.54) is 6.92 Å². The van der Waals surface area contributed by atoms with Gasteiger partial charge in [-0.1, -0.05) is 7.43 Å². The molecule has 1 unspecified atom stereocenters. The van der Waals surface area contributed by atoms with Crippen molar-refractivity contribution in [1.29, 1.82) is 0 Å². The Morgan fingerprint density at radius 1 is 1.39 bits per heavy atom. The van der Waals surface area contributed by atoms with Crippen molar-refractivity contribution in [2.45, 2.75) is 46.6 Å². The number of carbonyl (C=O) groups excluding carboxylic acids is 3. The first-order valence-corrected chi connectivity index (χ1v) is 4.73. The summed E-state index contributed by atoms with van der Waals surface area (Å²) in [5, 5.41) is 7.86. The minimum absolute atomic E-state index is 0. The number of cyclic esters (lactones) is 1. The number of esters is 1. The third-order valence-electron chi connectivity index (χ3n) is 1.59. The zero-order chi connectivity index (χ0) is 12.7. The summed E-state index contributed by atoms with van der Waals surface area (Å²) < 4.78 is 4.70. The van der Waals surface area contributed by atoms with Crippen molar-refractivity contribution >= 4 is 23.5 Å². The van der Waals surface area contributed by atoms with Gasteiger partial charge < -0.3 is 15.3 Å². The van der Waals surface area contributed by atoms with Crippen LogP contribution in [-0.2, 0) is 23.9 Å². The van der Waals surface area contributed by atoms with E-state index in [1.54, 1.807) is 6.92 Å². The maximum atomic E-state index is 10.6. The second-order valence-electron chi connectivity index (χ2n) is 3.49. The minimum Gasteiger partial charge on any atom is -0.481 e. The molecule has 0 radical (unpaired) electrons. The van der Waals surface area contributed by atoms with Crippen LogP contribution in [0, 0.1) is 0 Å². The molecule has 1 aliphatic rings. The molecule has 1 fully saturated rings. The predicted octanol–water partition coefficient (Wildman–Crippen LogP) is 0.142. The topological polar surface area (TPSA) is 129 Å². The Morgan fingerprint density at radius 3 is 2.11 bits per heavy atom. The lowest BCUT2D eigenvalue weighted by atomic mass is 10.1. The molecule has 0 bridgehead atoms. The van der Waals surface area contributed by atoms with Crippen LogP contribution >= 0.6 is 0 Å². The lowest BCUT2D eigenvalue weighted by Crippen LogP contribution is -2.27. The fraction of sp³-hybridized carbons (Fsp3) is 0.636. The Morgan fingerprint density at radius 2 is 1.89 bits per heavy atom. The predicted molar refractivity (Wildman–Crippen MR) is 63.1 cm³/mol. The van der Waals surface area contributed by atoms with E-state index in [4.69, 9.17) is 9.84 Å². The molecule has 7 heteroatoms. The van der Waals surface area contributed by atoms with Crippen molar-refractivity contribution < 1.29 is 34.5 Å². The quantitative estimate of drug-likeness (QED) is 0.557. The molecule has 106 valence electrons. The van der Waals surface area contributed by atoms with Crippen molar-refractivity contribution in [1.82, 2.24) is 0 Å². The number of hydrogen-bond acceptors (Lipinski definition) is 5. The van der Waals surface area contributed by atoms with Crippen LogP contribution in [0.5, 0.6) is 0 Å². The van der Waals surface area contributed by atoms with Crippen LogP contribution in [0.4, 0.5) is 0 Å². The molecule has 1 rings (SSSR count). The molecule has 7 nitrogen and oxygen atoms in total. The highest BCUT2D eigenvalue weighted by molar-refractivity contribution is 5.97. The summed E-state index contributed by atoms with van der Waals surface area (Å²) in [6.45, 7) is 2.96. The number of ether oxygens (including phenoxy) is 1. The number of carboxylic acid groups (broad SMARTS) is 1. The molecule has 0 aromatic carbocycles. The van der Waals surface area contributed by atoms with E-state index in [0.29, 0.717) is 6.42 Å². The van der Waals surface area contributed by atoms with Gasteiger partial charge in [0.2, 0.25) is 0 Å². The van der Waals surface area contributed by atoms with Crippen LogP contribution in [0.1, 0.15) is 40.5 Å². The van der Waals surface area contributed by atoms with Crippen molar-refractivity contribution in [3.63, 3.8) is 0 Å². The highest BCUT2D eigenvalue weighted by Gasteiger charge is 2.22. The summed E-state index contributed by atoms with van der Waals surface area (Å²) >= 11 is 0. The van der Waals surface area contributed by atoms with Crippen LogP contribution in [-0.4, -0.2) is 40.2 Å². The van der Waals surface area contributed by atoms with Gasteiger partial charge in [0.25, 0.3) is 0 Å². The molecule has 1 saturated heterocycles. The second-order valence-corrected chi connectivity index (χ2v) is 3.49. The highest BCUT2D eigenvalue weighted by atomic mass is 16.5. The van der Waals surface area contributed by atoms with Gasteiger partial charge in [-0.25, -0.2) is 0 Å². The van der Waals surface area contributed by atoms with Crippen LogP contribution in [0.3, 0.4) is 0 Å². The van der Waals surface area contributed by atoms with Gasteiger partial charge in [-0.15, -0.1) is 0 Å². The Hall–Kier alpha value is -1.76. The molecule has 1 heterocycles. The van der Waals surface area contributed by atoms with E-state index < -0.39 is 11.9 Å². The van der Waals surface area contributed by atoms with E-state index in [-0.39, 0.29) is 43.4 Å². The minimum atomic E-state index is -1.06. The van der Waals surface area contributed by atoms with Crippen LogP contribution in [0.25, 0.3) is 0 Å². The molecule has 3 N–H and O–H groups in total. The van der Waals surface area contributed by atoms with Crippen LogP contribution < -0.4 is 0 Å². The maximum absolute atomic E-state index is 10.6. The first kappa shape index (κ1) is 21.5. The van der Waals surface area contributed by atoms with Crippen LogP contribution in [0.2, 0.25) is 0 Å². The molecule has 0 aromatic rings. The number of ketones is 2. The molecule has 0 amide bonds. The maximum Gasteiger partial charge on any atom is 0.313 e. The van der Waals surface area contributed by atoms with Gasteiger partial charge in [0.1, 0.15) is 30.5 Å². The molecule has 0 aromatic heterocycles. The van der Waals surface area contributed by atoms with E-state index in [1.807, 2.05) is 0 Å². The summed E-state index contributed by atoms with van der Waals surface area (Å²) in [6.07, 6.45) is -0.227. The lowest BCUT2D eigenvalue weighted by Gasteiger charge is -2.16. The first-order chi connectivity index (χ1) is 7.31. The molecule has 1 aliphatic heterocycles. The van der Waals surface area contributed by atoms with Crippen molar-refractivity contribution in [3.8, 4) is 0 Å². The zero-order valence-corrected chi connectivity index (χ0v) is 9.69. The number of carbonyl (C=O) groups is 4. The lowest BCUT2D eigenvalue weighted by molar-refractivity contribution is -0.156. The van der Waals surface area contributed by atoms with E-state index in [9.17, 15) is 19.2 Å². The third kappa shape index (κ3) is 12.3. The molecular formula is C11H20O7. The van der Waals surface area contributed by atoms with E-state index in [2.05, 4.69) is 0 Å². The average Bonchev–Trinajstić information content (AvgIpc) is 1.97. The van der Waals surface area contributed by atoms with Gasteiger partial charge in [0, 0.05) is 6.42 Å². The SMILES string of the molecule is C.CC(=O)CC(=O)O.CC1CC(=O)CC(=O)O1.O. The Kier molecular flexibility index (Phi) is 12.4. The second kappa shape index (κ2) is 10.4. The van der Waals surface area contributed by atoms with Crippen LogP contribution in [0.15, 0.2) is 0 Å². The number of rotatable bonds is 2. The summed E-state index contributed by atoms with van der Waals surface area (Å²) in [5.74, 6) is -1.78. The number of Topliss-reactive ketones (excluding diaryl/α,β-unsaturated/α-hetero) is 2. The van der Waals surface area contributed by atoms with Crippen molar-refractivity contribution in [2.24, 2.45) is 0 Å². The zero-order valence-electron chi connectivity index (χ0n) is 9.69. The van der Waals surface area contributed by atoms with Gasteiger partial charge in [-0.05, 0) is 13.8 Å². The smallest absolute Gasteiger partial charge is 0.313 e. The molecule has 0 spiro atoms. The molecule has 18 heavy (non-hydrogen) atoms. The average molecular weight is 264 g/mol. The van der Waals surface area contributed by atoms with E-state index >= 15 is 0 Å². The van der Waals surface area contributed by atoms with Crippen molar-refractivity contribution in [3.05, 3.63) is 0 Å². The van der Waals surface area contributed by atoms with Gasteiger partial charge >= 0.3 is 11.9 Å². The Bertz CT molecular complexity index is 281. The van der Waals surface area contributed by atoms with Gasteiger partial charge in [-0.3, -0.25) is 19.2 Å². The third-order valence-corrected chi connectivity index (χ3v) is 1.59. The van der Waals surface area contributed by atoms with Gasteiger partial charge in [0.15, 0.2) is 0 Å². The number of carboxylic acids is 1. The Labute approximate surface area is 105 Å². The molecule has 1 atom stereocenters. The Balaban J connectivity index is -0.000000232. The van der Waals surface area contributed by atoms with Gasteiger partial charge in [-0.2, -0.15) is 0 Å². The summed E-state index contributed by atoms with van der Waals surface area (Å²) in [5.41, 5.74) is 0. The normalized spacial score (nSPS) is 17.1. The molecular weight excluding hydrogens is 244 g/mol.